The molecular formula is C17H15N3O3S. The summed E-state index contributed by atoms with van der Waals surface area (Å²) in [7, 11) is 1.53. The zero-order valence-electron chi connectivity index (χ0n) is 12.9. The fraction of sp³-hybridized carbons (Fsp3) is 0.118. The number of hydrogen-bond donors (Lipinski definition) is 1. The van der Waals surface area contributed by atoms with Crippen molar-refractivity contribution < 1.29 is 14.3 Å². The molecule has 0 aliphatic rings. The molecule has 6 nitrogen and oxygen atoms in total. The molecule has 1 amide bonds. The minimum atomic E-state index is -0.285. The van der Waals surface area contributed by atoms with Crippen molar-refractivity contribution in [1.82, 2.24) is 9.97 Å². The van der Waals surface area contributed by atoms with Gasteiger partial charge in [0.05, 0.1) is 7.11 Å². The van der Waals surface area contributed by atoms with Crippen molar-refractivity contribution in [1.29, 1.82) is 0 Å². The lowest BCUT2D eigenvalue weighted by atomic mass is 10.3. The maximum atomic E-state index is 12.4. The molecule has 3 rings (SSSR count). The summed E-state index contributed by atoms with van der Waals surface area (Å²) in [6.45, 7) is 0.338. The molecule has 0 atom stereocenters. The number of anilines is 1. The summed E-state index contributed by atoms with van der Waals surface area (Å²) in [5, 5.41) is 4.56. The molecule has 7 heteroatoms. The number of nitrogens with zero attached hydrogens (tertiary/aromatic N) is 2. The van der Waals surface area contributed by atoms with Crippen LogP contribution in [0.3, 0.4) is 0 Å². The number of amides is 1. The Kier molecular flexibility index (Phi) is 5.02. The van der Waals surface area contributed by atoms with Crippen LogP contribution in [0.5, 0.6) is 11.5 Å². The molecule has 24 heavy (non-hydrogen) atoms. The molecule has 0 saturated heterocycles. The third kappa shape index (κ3) is 3.69. The van der Waals surface area contributed by atoms with Crippen LogP contribution in [0.4, 0.5) is 5.82 Å². The van der Waals surface area contributed by atoms with Crippen LogP contribution in [-0.4, -0.2) is 23.0 Å². The molecule has 1 N–H and O–H groups in total. The maximum Gasteiger partial charge on any atom is 0.270 e. The Hall–Kier alpha value is -2.93. The average molecular weight is 341 g/mol. The van der Waals surface area contributed by atoms with E-state index in [0.29, 0.717) is 28.8 Å². The summed E-state index contributed by atoms with van der Waals surface area (Å²) in [5.74, 6) is 1.10. The van der Waals surface area contributed by atoms with E-state index in [9.17, 15) is 4.79 Å². The van der Waals surface area contributed by atoms with Gasteiger partial charge in [-0.3, -0.25) is 9.78 Å². The van der Waals surface area contributed by atoms with Crippen LogP contribution in [0.25, 0.3) is 0 Å². The Bertz CT molecular complexity index is 821. The number of thiophene rings is 1. The fourth-order valence-electron chi connectivity index (χ4n) is 2.03. The number of carbonyl (C=O) groups excluding carboxylic acids is 1. The molecular weight excluding hydrogens is 326 g/mol. The minimum absolute atomic E-state index is 0.285. The first-order chi connectivity index (χ1) is 11.8. The normalized spacial score (nSPS) is 10.2. The van der Waals surface area contributed by atoms with Crippen LogP contribution in [0.15, 0.2) is 54.3 Å². The van der Waals surface area contributed by atoms with Crippen molar-refractivity contribution in [2.24, 2.45) is 0 Å². The number of nitrogens with one attached hydrogen (secondary N) is 1. The van der Waals surface area contributed by atoms with Crippen LogP contribution < -0.4 is 14.8 Å². The van der Waals surface area contributed by atoms with Gasteiger partial charge in [0, 0.05) is 24.2 Å². The SMILES string of the molecule is COc1ccsc1C(=O)Nc1ncccc1OCc1cccnc1. The monoisotopic (exact) mass is 341 g/mol. The zero-order chi connectivity index (χ0) is 16.8. The summed E-state index contributed by atoms with van der Waals surface area (Å²) < 4.78 is 10.9. The van der Waals surface area contributed by atoms with E-state index in [-0.39, 0.29) is 5.91 Å². The van der Waals surface area contributed by atoms with Gasteiger partial charge in [-0.15, -0.1) is 11.3 Å². The highest BCUT2D eigenvalue weighted by Gasteiger charge is 2.16. The first kappa shape index (κ1) is 15.9. The summed E-state index contributed by atoms with van der Waals surface area (Å²) in [6, 6.07) is 9.01. The maximum absolute atomic E-state index is 12.4. The predicted molar refractivity (Wildman–Crippen MR) is 91.6 cm³/mol. The van der Waals surface area contributed by atoms with E-state index in [1.807, 2.05) is 12.1 Å². The van der Waals surface area contributed by atoms with Gasteiger partial charge in [-0.2, -0.15) is 0 Å². The largest absolute Gasteiger partial charge is 0.495 e. The topological polar surface area (TPSA) is 73.3 Å². The van der Waals surface area contributed by atoms with E-state index in [1.54, 1.807) is 42.2 Å². The van der Waals surface area contributed by atoms with E-state index in [2.05, 4.69) is 15.3 Å². The van der Waals surface area contributed by atoms with Crippen LogP contribution >= 0.6 is 11.3 Å². The number of ether oxygens (including phenoxy) is 2. The van der Waals surface area contributed by atoms with Gasteiger partial charge in [0.2, 0.25) is 0 Å². The van der Waals surface area contributed by atoms with Gasteiger partial charge in [-0.25, -0.2) is 4.98 Å². The molecule has 0 bridgehead atoms. The Balaban J connectivity index is 1.73. The molecule has 0 fully saturated rings. The zero-order valence-corrected chi connectivity index (χ0v) is 13.7. The number of pyridine rings is 2. The Labute approximate surface area is 143 Å². The molecule has 0 spiro atoms. The molecule has 3 heterocycles. The van der Waals surface area contributed by atoms with Gasteiger partial charge in [-0.05, 0) is 29.6 Å². The van der Waals surface area contributed by atoms with Gasteiger partial charge in [0.25, 0.3) is 5.91 Å². The van der Waals surface area contributed by atoms with E-state index in [0.717, 1.165) is 5.56 Å². The average Bonchev–Trinajstić information content (AvgIpc) is 3.11. The lowest BCUT2D eigenvalue weighted by Gasteiger charge is -2.11. The van der Waals surface area contributed by atoms with Crippen molar-refractivity contribution in [3.05, 3.63) is 64.7 Å². The van der Waals surface area contributed by atoms with Gasteiger partial charge in [-0.1, -0.05) is 6.07 Å². The lowest BCUT2D eigenvalue weighted by Crippen LogP contribution is -2.13. The highest BCUT2D eigenvalue weighted by Crippen LogP contribution is 2.27. The van der Waals surface area contributed by atoms with Crippen molar-refractivity contribution in [2.75, 3.05) is 12.4 Å². The van der Waals surface area contributed by atoms with E-state index < -0.39 is 0 Å². The lowest BCUT2D eigenvalue weighted by molar-refractivity contribution is 0.102. The number of aromatic nitrogens is 2. The molecule has 3 aromatic heterocycles. The molecule has 0 saturated carbocycles. The summed E-state index contributed by atoms with van der Waals surface area (Å²) in [6.07, 6.45) is 5.02. The van der Waals surface area contributed by atoms with E-state index in [4.69, 9.17) is 9.47 Å². The van der Waals surface area contributed by atoms with Crippen molar-refractivity contribution in [3.8, 4) is 11.5 Å². The van der Waals surface area contributed by atoms with Gasteiger partial charge in [0.15, 0.2) is 11.6 Å². The van der Waals surface area contributed by atoms with Crippen molar-refractivity contribution >= 4 is 23.1 Å². The summed E-state index contributed by atoms with van der Waals surface area (Å²) in [5.41, 5.74) is 0.929. The van der Waals surface area contributed by atoms with Gasteiger partial charge < -0.3 is 14.8 Å². The number of methoxy groups -OCH3 is 1. The Morgan fingerprint density at radius 1 is 1.21 bits per heavy atom. The molecule has 0 aliphatic heterocycles. The smallest absolute Gasteiger partial charge is 0.270 e. The Morgan fingerprint density at radius 3 is 2.88 bits per heavy atom. The van der Waals surface area contributed by atoms with Crippen LogP contribution in [0, 0.1) is 0 Å². The summed E-state index contributed by atoms with van der Waals surface area (Å²) >= 11 is 1.30. The highest BCUT2D eigenvalue weighted by molar-refractivity contribution is 7.12. The standard InChI is InChI=1S/C17H15N3O3S/c1-22-13-6-9-24-15(13)17(21)20-16-14(5-3-8-19-16)23-11-12-4-2-7-18-10-12/h2-10H,11H2,1H3,(H,19,20,21). The van der Waals surface area contributed by atoms with Gasteiger partial charge >= 0.3 is 0 Å². The van der Waals surface area contributed by atoms with Crippen LogP contribution in [0.1, 0.15) is 15.2 Å². The Morgan fingerprint density at radius 2 is 2.08 bits per heavy atom. The first-order valence-corrected chi connectivity index (χ1v) is 8.05. The molecule has 3 aromatic rings. The molecule has 0 radical (unpaired) electrons. The quantitative estimate of drug-likeness (QED) is 0.744. The summed E-state index contributed by atoms with van der Waals surface area (Å²) in [4.78, 5) is 21.1. The molecule has 0 unspecified atom stereocenters. The third-order valence-corrected chi connectivity index (χ3v) is 4.07. The van der Waals surface area contributed by atoms with Crippen molar-refractivity contribution in [2.45, 2.75) is 6.61 Å². The minimum Gasteiger partial charge on any atom is -0.495 e. The number of rotatable bonds is 6. The number of hydrogen-bond acceptors (Lipinski definition) is 6. The molecule has 0 aromatic carbocycles. The molecule has 0 aliphatic carbocycles. The van der Waals surface area contributed by atoms with Gasteiger partial charge in [0.1, 0.15) is 17.2 Å². The number of carbonyl (C=O) groups is 1. The fourth-order valence-corrected chi connectivity index (χ4v) is 2.79. The first-order valence-electron chi connectivity index (χ1n) is 7.17. The van der Waals surface area contributed by atoms with Crippen molar-refractivity contribution in [3.63, 3.8) is 0 Å². The second kappa shape index (κ2) is 7.56. The molecule has 122 valence electrons. The van der Waals surface area contributed by atoms with E-state index >= 15 is 0 Å². The van der Waals surface area contributed by atoms with Crippen LogP contribution in [-0.2, 0) is 6.61 Å². The predicted octanol–water partition coefficient (Wildman–Crippen LogP) is 3.38. The van der Waals surface area contributed by atoms with E-state index in [1.165, 1.54) is 18.4 Å². The second-order valence-corrected chi connectivity index (χ2v) is 5.69. The second-order valence-electron chi connectivity index (χ2n) is 4.77. The third-order valence-electron chi connectivity index (χ3n) is 3.17. The highest BCUT2D eigenvalue weighted by atomic mass is 32.1. The van der Waals surface area contributed by atoms with Crippen LogP contribution in [0.2, 0.25) is 0 Å².